The Morgan fingerprint density at radius 2 is 1.70 bits per heavy atom. The van der Waals surface area contributed by atoms with Crippen LogP contribution in [0.2, 0.25) is 0 Å². The summed E-state index contributed by atoms with van der Waals surface area (Å²) in [4.78, 5) is 37.4. The van der Waals surface area contributed by atoms with E-state index in [4.69, 9.17) is 0 Å². The lowest BCUT2D eigenvalue weighted by molar-refractivity contribution is 0.103. The monoisotopic (exact) mass is 311 g/mol. The molecule has 0 aliphatic carbocycles. The minimum atomic E-state index is -0.384. The average molecular weight is 311 g/mol. The molecule has 3 rings (SSSR count). The molecule has 0 atom stereocenters. The van der Waals surface area contributed by atoms with Gasteiger partial charge < -0.3 is 4.57 Å². The lowest BCUT2D eigenvalue weighted by Crippen LogP contribution is -2.38. The van der Waals surface area contributed by atoms with Gasteiger partial charge in [-0.25, -0.2) is 4.79 Å². The van der Waals surface area contributed by atoms with Gasteiger partial charge in [0.05, 0.1) is 11.1 Å². The summed E-state index contributed by atoms with van der Waals surface area (Å²) in [5.74, 6) is -0.181. The minimum absolute atomic E-state index is 0.181. The van der Waals surface area contributed by atoms with E-state index in [1.54, 1.807) is 55.9 Å². The molecule has 0 aliphatic heterocycles. The molecule has 6 heteroatoms. The Bertz CT molecular complexity index is 1020. The van der Waals surface area contributed by atoms with Crippen molar-refractivity contribution >= 4 is 16.8 Å². The van der Waals surface area contributed by atoms with E-state index < -0.39 is 0 Å². The van der Waals surface area contributed by atoms with Crippen molar-refractivity contribution in [3.05, 3.63) is 68.5 Å². The van der Waals surface area contributed by atoms with E-state index in [9.17, 15) is 14.4 Å². The number of ketones is 1. The third-order valence-corrected chi connectivity index (χ3v) is 4.10. The van der Waals surface area contributed by atoms with E-state index in [1.807, 2.05) is 6.07 Å². The summed E-state index contributed by atoms with van der Waals surface area (Å²) in [5.41, 5.74) is 0.619. The summed E-state index contributed by atoms with van der Waals surface area (Å²) in [7, 11) is 3.29. The van der Waals surface area contributed by atoms with E-state index in [2.05, 4.69) is 0 Å². The van der Waals surface area contributed by atoms with E-state index in [-0.39, 0.29) is 23.6 Å². The molecule has 0 N–H and O–H groups in total. The molecular weight excluding hydrogens is 294 g/mol. The number of aromatic nitrogens is 3. The summed E-state index contributed by atoms with van der Waals surface area (Å²) in [6, 6.07) is 10.4. The van der Waals surface area contributed by atoms with Crippen molar-refractivity contribution in [1.29, 1.82) is 0 Å². The Labute approximate surface area is 132 Å². The van der Waals surface area contributed by atoms with Crippen molar-refractivity contribution in [1.82, 2.24) is 13.7 Å². The van der Waals surface area contributed by atoms with Gasteiger partial charge >= 0.3 is 5.69 Å². The highest BCUT2D eigenvalue weighted by Crippen LogP contribution is 2.17. The number of aryl methyl sites for hydroxylation is 2. The summed E-state index contributed by atoms with van der Waals surface area (Å²) >= 11 is 0. The Hall–Kier alpha value is -2.89. The summed E-state index contributed by atoms with van der Waals surface area (Å²) < 4.78 is 4.18. The second-order valence-electron chi connectivity index (χ2n) is 5.41. The molecule has 0 bridgehead atoms. The van der Waals surface area contributed by atoms with Crippen molar-refractivity contribution in [2.45, 2.75) is 13.5 Å². The first-order valence-corrected chi connectivity index (χ1v) is 7.36. The number of hydrogen-bond acceptors (Lipinski definition) is 3. The summed E-state index contributed by atoms with van der Waals surface area (Å²) in [5, 5.41) is 0.371. The summed E-state index contributed by atoms with van der Waals surface area (Å²) in [6.07, 6.45) is 0. The van der Waals surface area contributed by atoms with Crippen LogP contribution in [0.1, 0.15) is 23.0 Å². The first-order chi connectivity index (χ1) is 11.0. The van der Waals surface area contributed by atoms with Gasteiger partial charge in [-0.3, -0.25) is 18.7 Å². The third-order valence-electron chi connectivity index (χ3n) is 4.10. The number of carbonyl (C=O) groups excluding carboxylic acids is 1. The number of hydrogen-bond donors (Lipinski definition) is 0. The van der Waals surface area contributed by atoms with Crippen molar-refractivity contribution in [3.63, 3.8) is 0 Å². The molecule has 3 aromatic rings. The van der Waals surface area contributed by atoms with E-state index in [1.165, 1.54) is 9.13 Å². The van der Waals surface area contributed by atoms with Gasteiger partial charge in [0.15, 0.2) is 0 Å². The smallest absolute Gasteiger partial charge is 0.327 e. The van der Waals surface area contributed by atoms with Crippen molar-refractivity contribution in [2.24, 2.45) is 14.1 Å². The average Bonchev–Trinajstić information content (AvgIpc) is 2.91. The molecule has 118 valence electrons. The SMILES string of the molecule is CCn1c(=O)c2cc(C(=O)c3ccccc3)n(C)c2n(C)c1=O. The molecule has 0 radical (unpaired) electrons. The van der Waals surface area contributed by atoms with Crippen LogP contribution in [0, 0.1) is 0 Å². The molecule has 2 heterocycles. The molecule has 0 unspecified atom stereocenters. The van der Waals surface area contributed by atoms with E-state index in [0.717, 1.165) is 0 Å². The molecule has 23 heavy (non-hydrogen) atoms. The lowest BCUT2D eigenvalue weighted by Gasteiger charge is -2.08. The second-order valence-corrected chi connectivity index (χ2v) is 5.41. The predicted molar refractivity (Wildman–Crippen MR) is 88.0 cm³/mol. The zero-order chi connectivity index (χ0) is 16.7. The van der Waals surface area contributed by atoms with Crippen LogP contribution in [0.4, 0.5) is 0 Å². The van der Waals surface area contributed by atoms with Crippen molar-refractivity contribution in [2.75, 3.05) is 0 Å². The standard InChI is InChI=1S/C17H17N3O3/c1-4-20-16(22)12-10-13(14(21)11-8-6-5-7-9-11)18(2)15(12)19(3)17(20)23/h5-10H,4H2,1-3H3. The minimum Gasteiger partial charge on any atom is -0.327 e. The van der Waals surface area contributed by atoms with Crippen LogP contribution in [0.3, 0.4) is 0 Å². The zero-order valence-corrected chi connectivity index (χ0v) is 13.2. The second kappa shape index (κ2) is 5.39. The number of benzene rings is 1. The van der Waals surface area contributed by atoms with Gasteiger partial charge in [0.2, 0.25) is 5.78 Å². The first kappa shape index (κ1) is 15.0. The highest BCUT2D eigenvalue weighted by Gasteiger charge is 2.20. The fraction of sp³-hybridized carbons (Fsp3) is 0.235. The molecule has 0 saturated carbocycles. The van der Waals surface area contributed by atoms with Gasteiger partial charge in [-0.15, -0.1) is 0 Å². The molecule has 1 aromatic carbocycles. The van der Waals surface area contributed by atoms with Crippen LogP contribution in [-0.2, 0) is 20.6 Å². The fourth-order valence-electron chi connectivity index (χ4n) is 2.89. The summed E-state index contributed by atoms with van der Waals surface area (Å²) in [6.45, 7) is 2.03. The maximum Gasteiger partial charge on any atom is 0.332 e. The molecule has 0 saturated heterocycles. The molecule has 0 aliphatic rings. The fourth-order valence-corrected chi connectivity index (χ4v) is 2.89. The lowest BCUT2D eigenvalue weighted by atomic mass is 10.1. The molecule has 0 spiro atoms. The number of fused-ring (bicyclic) bond motifs is 1. The van der Waals surface area contributed by atoms with E-state index in [0.29, 0.717) is 22.3 Å². The maximum absolute atomic E-state index is 12.7. The zero-order valence-electron chi connectivity index (χ0n) is 13.2. The molecule has 0 fully saturated rings. The number of carbonyl (C=O) groups is 1. The Balaban J connectivity index is 2.34. The number of nitrogens with zero attached hydrogens (tertiary/aromatic N) is 3. The normalized spacial score (nSPS) is 11.1. The Morgan fingerprint density at radius 3 is 2.30 bits per heavy atom. The van der Waals surface area contributed by atoms with Gasteiger partial charge in [-0.05, 0) is 13.0 Å². The number of rotatable bonds is 3. The molecule has 2 aromatic heterocycles. The van der Waals surface area contributed by atoms with Gasteiger partial charge in [0, 0.05) is 26.2 Å². The van der Waals surface area contributed by atoms with Gasteiger partial charge in [-0.1, -0.05) is 30.3 Å². The Morgan fingerprint density at radius 1 is 1.04 bits per heavy atom. The molecule has 0 amide bonds. The largest absolute Gasteiger partial charge is 0.332 e. The quantitative estimate of drug-likeness (QED) is 0.685. The van der Waals surface area contributed by atoms with Gasteiger partial charge in [0.25, 0.3) is 5.56 Å². The first-order valence-electron chi connectivity index (χ1n) is 7.36. The van der Waals surface area contributed by atoms with Gasteiger partial charge in [0.1, 0.15) is 5.65 Å². The highest BCUT2D eigenvalue weighted by molar-refractivity contribution is 6.10. The topological polar surface area (TPSA) is 66.0 Å². The van der Waals surface area contributed by atoms with Gasteiger partial charge in [-0.2, -0.15) is 0 Å². The molecule has 6 nitrogen and oxygen atoms in total. The van der Waals surface area contributed by atoms with Crippen LogP contribution < -0.4 is 11.2 Å². The van der Waals surface area contributed by atoms with Crippen LogP contribution in [0.15, 0.2) is 46.0 Å². The van der Waals surface area contributed by atoms with Crippen molar-refractivity contribution < 1.29 is 4.79 Å². The van der Waals surface area contributed by atoms with Crippen LogP contribution in [0.25, 0.3) is 11.0 Å². The van der Waals surface area contributed by atoms with Crippen molar-refractivity contribution in [3.8, 4) is 0 Å². The van der Waals surface area contributed by atoms with Crippen LogP contribution >= 0.6 is 0 Å². The van der Waals surface area contributed by atoms with Crippen LogP contribution in [-0.4, -0.2) is 19.5 Å². The Kier molecular flexibility index (Phi) is 3.52. The third kappa shape index (κ3) is 2.14. The van der Waals surface area contributed by atoms with E-state index >= 15 is 0 Å². The van der Waals surface area contributed by atoms with Crippen LogP contribution in [0.5, 0.6) is 0 Å². The maximum atomic E-state index is 12.7. The predicted octanol–water partition coefficient (Wildman–Crippen LogP) is 1.29. The highest BCUT2D eigenvalue weighted by atomic mass is 16.2. The molecular formula is C17H17N3O3.